The van der Waals surface area contributed by atoms with Crippen molar-refractivity contribution in [1.82, 2.24) is 4.98 Å². The van der Waals surface area contributed by atoms with E-state index < -0.39 is 0 Å². The molecule has 0 fully saturated rings. The maximum absolute atomic E-state index is 6.59. The molecule has 4 aromatic rings. The van der Waals surface area contributed by atoms with E-state index in [2.05, 4.69) is 29.2 Å². The van der Waals surface area contributed by atoms with E-state index in [1.54, 1.807) is 13.2 Å². The molecule has 0 saturated heterocycles. The minimum absolute atomic E-state index is 0.615. The van der Waals surface area contributed by atoms with Crippen LogP contribution in [-0.2, 0) is 6.42 Å². The molecule has 0 radical (unpaired) electrons. The molecule has 5 heteroatoms. The van der Waals surface area contributed by atoms with Gasteiger partial charge in [-0.3, -0.25) is 0 Å². The molecule has 3 aromatic carbocycles. The lowest BCUT2D eigenvalue weighted by atomic mass is 9.97. The van der Waals surface area contributed by atoms with Crippen LogP contribution in [0.3, 0.4) is 0 Å². The van der Waals surface area contributed by atoms with E-state index in [-0.39, 0.29) is 0 Å². The highest BCUT2D eigenvalue weighted by molar-refractivity contribution is 6.39. The summed E-state index contributed by atoms with van der Waals surface area (Å²) in [6, 6.07) is 16.2. The maximum atomic E-state index is 6.59. The third-order valence-corrected chi connectivity index (χ3v) is 5.67. The lowest BCUT2D eigenvalue weighted by Crippen LogP contribution is -1.99. The lowest BCUT2D eigenvalue weighted by Gasteiger charge is -2.13. The number of aromatic amines is 1. The van der Waals surface area contributed by atoms with Crippen LogP contribution < -0.4 is 10.5 Å². The zero-order valence-electron chi connectivity index (χ0n) is 15.7. The van der Waals surface area contributed by atoms with Crippen molar-refractivity contribution >= 4 is 44.9 Å². The molecule has 3 nitrogen and oxygen atoms in total. The number of benzene rings is 3. The summed E-state index contributed by atoms with van der Waals surface area (Å²) in [5.74, 6) is 0.854. The topological polar surface area (TPSA) is 51.0 Å². The number of halogens is 2. The van der Waals surface area contributed by atoms with Crippen LogP contribution in [0.2, 0.25) is 10.0 Å². The van der Waals surface area contributed by atoms with Crippen LogP contribution in [0.25, 0.3) is 32.9 Å². The van der Waals surface area contributed by atoms with Gasteiger partial charge in [-0.2, -0.15) is 0 Å². The normalized spacial score (nSPS) is 11.4. The molecule has 28 heavy (non-hydrogen) atoms. The molecule has 0 spiro atoms. The minimum atomic E-state index is 0.615. The van der Waals surface area contributed by atoms with Crippen LogP contribution in [-0.4, -0.2) is 18.6 Å². The van der Waals surface area contributed by atoms with Crippen LogP contribution >= 0.6 is 23.2 Å². The summed E-state index contributed by atoms with van der Waals surface area (Å²) in [5, 5.41) is 4.52. The summed E-state index contributed by atoms with van der Waals surface area (Å²) < 4.78 is 5.84. The van der Waals surface area contributed by atoms with Gasteiger partial charge in [-0.05, 0) is 55.0 Å². The van der Waals surface area contributed by atoms with Crippen LogP contribution in [0.15, 0.2) is 48.5 Å². The fraction of sp³-hybridized carbons (Fsp3) is 0.217. The zero-order valence-corrected chi connectivity index (χ0v) is 17.2. The van der Waals surface area contributed by atoms with Gasteiger partial charge in [0.1, 0.15) is 5.75 Å². The Labute approximate surface area is 174 Å². The van der Waals surface area contributed by atoms with Crippen molar-refractivity contribution in [2.45, 2.75) is 19.3 Å². The number of aromatic nitrogens is 1. The van der Waals surface area contributed by atoms with E-state index in [4.69, 9.17) is 33.7 Å². The van der Waals surface area contributed by atoms with Crippen LogP contribution in [0.5, 0.6) is 5.75 Å². The first-order valence-electron chi connectivity index (χ1n) is 9.39. The minimum Gasteiger partial charge on any atom is -0.495 e. The van der Waals surface area contributed by atoms with E-state index in [0.29, 0.717) is 16.6 Å². The monoisotopic (exact) mass is 412 g/mol. The zero-order chi connectivity index (χ0) is 19.7. The summed E-state index contributed by atoms with van der Waals surface area (Å²) in [6.07, 6.45) is 2.83. The number of unbranched alkanes of at least 4 members (excludes halogenated alkanes) is 1. The fourth-order valence-corrected chi connectivity index (χ4v) is 4.51. The van der Waals surface area contributed by atoms with E-state index in [0.717, 1.165) is 57.9 Å². The van der Waals surface area contributed by atoms with E-state index >= 15 is 0 Å². The number of methoxy groups -OCH3 is 1. The molecule has 3 N–H and O–H groups in total. The number of rotatable bonds is 6. The van der Waals surface area contributed by atoms with Crippen LogP contribution in [0.4, 0.5) is 0 Å². The Balaban J connectivity index is 1.99. The molecule has 0 aliphatic heterocycles. The molecule has 1 heterocycles. The van der Waals surface area contributed by atoms with Gasteiger partial charge in [-0.1, -0.05) is 53.5 Å². The van der Waals surface area contributed by atoms with E-state index in [9.17, 15) is 0 Å². The van der Waals surface area contributed by atoms with Gasteiger partial charge in [0, 0.05) is 26.9 Å². The molecule has 4 rings (SSSR count). The highest BCUT2D eigenvalue weighted by Gasteiger charge is 2.20. The smallest absolute Gasteiger partial charge is 0.136 e. The Morgan fingerprint density at radius 3 is 2.64 bits per heavy atom. The first-order chi connectivity index (χ1) is 13.6. The molecule has 0 amide bonds. The summed E-state index contributed by atoms with van der Waals surface area (Å²) >= 11 is 12.8. The Morgan fingerprint density at radius 2 is 1.86 bits per heavy atom. The predicted molar refractivity (Wildman–Crippen MR) is 120 cm³/mol. The number of hydrogen-bond acceptors (Lipinski definition) is 2. The van der Waals surface area contributed by atoms with Gasteiger partial charge in [0.05, 0.1) is 17.8 Å². The average Bonchev–Trinajstić information content (AvgIpc) is 3.05. The van der Waals surface area contributed by atoms with Gasteiger partial charge < -0.3 is 15.5 Å². The molecular weight excluding hydrogens is 391 g/mol. The van der Waals surface area contributed by atoms with Crippen LogP contribution in [0.1, 0.15) is 18.4 Å². The van der Waals surface area contributed by atoms with Crippen molar-refractivity contribution in [2.24, 2.45) is 5.73 Å². The molecule has 0 atom stereocenters. The number of ether oxygens (including phenoxy) is 1. The molecule has 144 valence electrons. The highest BCUT2D eigenvalue weighted by Crippen LogP contribution is 2.42. The number of nitrogens with two attached hydrogens (primary N) is 1. The van der Waals surface area contributed by atoms with Crippen molar-refractivity contribution in [2.75, 3.05) is 13.7 Å². The van der Waals surface area contributed by atoms with Crippen molar-refractivity contribution in [3.63, 3.8) is 0 Å². The first-order valence-corrected chi connectivity index (χ1v) is 10.2. The Hall–Kier alpha value is -2.20. The van der Waals surface area contributed by atoms with E-state index in [1.807, 2.05) is 18.2 Å². The second-order valence-corrected chi connectivity index (χ2v) is 7.75. The van der Waals surface area contributed by atoms with Gasteiger partial charge in [0.15, 0.2) is 0 Å². The summed E-state index contributed by atoms with van der Waals surface area (Å²) in [4.78, 5) is 3.55. The number of aryl methyl sites for hydroxylation is 1. The molecule has 0 aliphatic carbocycles. The maximum Gasteiger partial charge on any atom is 0.136 e. The van der Waals surface area contributed by atoms with Crippen molar-refractivity contribution in [1.29, 1.82) is 0 Å². The number of nitrogens with one attached hydrogen (secondary N) is 1. The van der Waals surface area contributed by atoms with Crippen molar-refractivity contribution in [3.05, 3.63) is 64.1 Å². The average molecular weight is 413 g/mol. The second-order valence-electron chi connectivity index (χ2n) is 6.90. The van der Waals surface area contributed by atoms with E-state index in [1.165, 1.54) is 5.56 Å². The standard InChI is InChI=1S/C23H22Cl2N2O/c1-28-23-16-7-3-2-6-14(16)9-10-18(23)22-17(8-4-5-11-26)21-19(25)12-15(24)13-20(21)27-22/h2-3,6-7,9-10,12-13,27H,4-5,8,11,26H2,1H3. The molecule has 0 bridgehead atoms. The molecule has 0 saturated carbocycles. The van der Waals surface area contributed by atoms with Crippen LogP contribution in [0, 0.1) is 0 Å². The number of fused-ring (bicyclic) bond motifs is 2. The summed E-state index contributed by atoms with van der Waals surface area (Å²) in [7, 11) is 1.71. The van der Waals surface area contributed by atoms with Gasteiger partial charge in [-0.25, -0.2) is 0 Å². The second kappa shape index (κ2) is 8.04. The van der Waals surface area contributed by atoms with Gasteiger partial charge in [0.25, 0.3) is 0 Å². The third kappa shape index (κ3) is 3.35. The highest BCUT2D eigenvalue weighted by atomic mass is 35.5. The van der Waals surface area contributed by atoms with Crippen molar-refractivity contribution in [3.8, 4) is 17.0 Å². The first kappa shape index (κ1) is 19.1. The summed E-state index contributed by atoms with van der Waals surface area (Å²) in [5.41, 5.74) is 9.88. The largest absolute Gasteiger partial charge is 0.495 e. The SMILES string of the molecule is COc1c(-c2[nH]c3cc(Cl)cc(Cl)c3c2CCCCN)ccc2ccccc12. The summed E-state index contributed by atoms with van der Waals surface area (Å²) in [6.45, 7) is 0.677. The third-order valence-electron chi connectivity index (χ3n) is 5.15. The van der Waals surface area contributed by atoms with Gasteiger partial charge in [0.2, 0.25) is 0 Å². The Morgan fingerprint density at radius 1 is 1.04 bits per heavy atom. The molecule has 0 unspecified atom stereocenters. The quantitative estimate of drug-likeness (QED) is 0.351. The number of H-pyrrole nitrogens is 1. The molecule has 1 aromatic heterocycles. The Kier molecular flexibility index (Phi) is 5.49. The van der Waals surface area contributed by atoms with Gasteiger partial charge in [-0.15, -0.1) is 0 Å². The van der Waals surface area contributed by atoms with Crippen molar-refractivity contribution < 1.29 is 4.74 Å². The lowest BCUT2D eigenvalue weighted by molar-refractivity contribution is 0.421. The van der Waals surface area contributed by atoms with Gasteiger partial charge >= 0.3 is 0 Å². The predicted octanol–water partition coefficient (Wildman–Crippen LogP) is 6.58. The molecule has 0 aliphatic rings. The molecular formula is C23H22Cl2N2O. The number of hydrogen-bond donors (Lipinski definition) is 2. The Bertz CT molecular complexity index is 1150. The fourth-order valence-electron chi connectivity index (χ4n) is 3.90.